The van der Waals surface area contributed by atoms with E-state index >= 15 is 0 Å². The summed E-state index contributed by atoms with van der Waals surface area (Å²) in [5, 5.41) is 18.0. The molecule has 1 aromatic heterocycles. The van der Waals surface area contributed by atoms with Gasteiger partial charge in [0.05, 0.1) is 6.61 Å². The summed E-state index contributed by atoms with van der Waals surface area (Å²) < 4.78 is 17.4. The fourth-order valence-electron chi connectivity index (χ4n) is 5.62. The fourth-order valence-corrected chi connectivity index (χ4v) is 5.62. The number of nitrogens with one attached hydrogen (secondary N) is 1. The van der Waals surface area contributed by atoms with Crippen molar-refractivity contribution >= 4 is 17.7 Å². The average Bonchev–Trinajstić information content (AvgIpc) is 3.63. The van der Waals surface area contributed by atoms with E-state index in [9.17, 15) is 9.90 Å². The number of aliphatic imine (C=N–C) groups is 1. The molecule has 0 bridgehead atoms. The molecule has 2 N–H and O–H groups in total. The van der Waals surface area contributed by atoms with Gasteiger partial charge < -0.3 is 24.4 Å². The SMILES string of the molecule is CCCCCCOC(=O)C1(c2cc(C(C)(C)O)on2)CN=C(Nc2c3c(cc4c2CCC4)CCCC3)O1. The number of nitrogens with zero attached hydrogens (tertiary/aromatic N) is 2. The maximum absolute atomic E-state index is 13.5. The van der Waals surface area contributed by atoms with Gasteiger partial charge in [-0.3, -0.25) is 0 Å². The van der Waals surface area contributed by atoms with Crippen LogP contribution in [0.3, 0.4) is 0 Å². The van der Waals surface area contributed by atoms with Crippen LogP contribution in [0.4, 0.5) is 5.69 Å². The second-order valence-corrected chi connectivity index (χ2v) is 11.1. The van der Waals surface area contributed by atoms with Crippen LogP contribution in [0.2, 0.25) is 0 Å². The van der Waals surface area contributed by atoms with Crippen molar-refractivity contribution in [2.75, 3.05) is 18.5 Å². The van der Waals surface area contributed by atoms with Crippen molar-refractivity contribution < 1.29 is 23.9 Å². The normalized spacial score (nSPS) is 20.7. The van der Waals surface area contributed by atoms with Crippen LogP contribution in [0.5, 0.6) is 0 Å². The van der Waals surface area contributed by atoms with Gasteiger partial charge in [-0.2, -0.15) is 0 Å². The predicted octanol–water partition coefficient (Wildman–Crippen LogP) is 5.09. The quantitative estimate of drug-likeness (QED) is 0.358. The second-order valence-electron chi connectivity index (χ2n) is 11.1. The molecule has 1 aromatic carbocycles. The highest BCUT2D eigenvalue weighted by Crippen LogP contribution is 2.40. The molecule has 2 heterocycles. The summed E-state index contributed by atoms with van der Waals surface area (Å²) in [6.07, 6.45) is 11.8. The molecule has 2 aromatic rings. The van der Waals surface area contributed by atoms with E-state index in [0.29, 0.717) is 12.6 Å². The third kappa shape index (κ3) is 5.13. The van der Waals surface area contributed by atoms with E-state index in [4.69, 9.17) is 14.0 Å². The van der Waals surface area contributed by atoms with Crippen molar-refractivity contribution in [3.63, 3.8) is 0 Å². The van der Waals surface area contributed by atoms with Gasteiger partial charge in [0.1, 0.15) is 17.8 Å². The Labute approximate surface area is 218 Å². The average molecular weight is 510 g/mol. The van der Waals surface area contributed by atoms with E-state index in [-0.39, 0.29) is 18.0 Å². The van der Waals surface area contributed by atoms with Gasteiger partial charge >= 0.3 is 5.97 Å². The smallest absolute Gasteiger partial charge is 0.359 e. The maximum atomic E-state index is 13.5. The Morgan fingerprint density at radius 2 is 1.81 bits per heavy atom. The number of carbonyl (C=O) groups is 1. The number of hydrogen-bond acceptors (Lipinski definition) is 8. The minimum Gasteiger partial charge on any atom is -0.462 e. The first-order valence-electron chi connectivity index (χ1n) is 13.9. The number of hydrogen-bond donors (Lipinski definition) is 2. The van der Waals surface area contributed by atoms with Crippen molar-refractivity contribution in [3.8, 4) is 0 Å². The van der Waals surface area contributed by atoms with E-state index in [1.165, 1.54) is 35.1 Å². The van der Waals surface area contributed by atoms with Crippen LogP contribution in [-0.2, 0) is 51.2 Å². The summed E-state index contributed by atoms with van der Waals surface area (Å²) in [5.74, 6) is -0.293. The molecule has 0 saturated heterocycles. The van der Waals surface area contributed by atoms with Gasteiger partial charge in [-0.1, -0.05) is 37.4 Å². The molecule has 3 aliphatic rings. The zero-order valence-corrected chi connectivity index (χ0v) is 22.3. The largest absolute Gasteiger partial charge is 0.462 e. The maximum Gasteiger partial charge on any atom is 0.359 e. The minimum atomic E-state index is -1.56. The number of ether oxygens (including phenoxy) is 2. The number of unbranched alkanes of at least 4 members (excludes halogenated alkanes) is 3. The Kier molecular flexibility index (Phi) is 7.30. The highest BCUT2D eigenvalue weighted by Gasteiger charge is 2.52. The highest BCUT2D eigenvalue weighted by atomic mass is 16.6. The Morgan fingerprint density at radius 1 is 1.08 bits per heavy atom. The number of carbonyl (C=O) groups excluding carboxylic acids is 1. The Balaban J connectivity index is 1.41. The molecule has 37 heavy (non-hydrogen) atoms. The van der Waals surface area contributed by atoms with Crippen molar-refractivity contribution in [2.24, 2.45) is 4.99 Å². The minimum absolute atomic E-state index is 0.0260. The Hall–Kier alpha value is -2.87. The monoisotopic (exact) mass is 509 g/mol. The Bertz CT molecular complexity index is 1180. The lowest BCUT2D eigenvalue weighted by molar-refractivity contribution is -0.163. The van der Waals surface area contributed by atoms with Gasteiger partial charge in [0.2, 0.25) is 0 Å². The second kappa shape index (κ2) is 10.5. The van der Waals surface area contributed by atoms with E-state index in [0.717, 1.165) is 63.5 Å². The van der Waals surface area contributed by atoms with Crippen molar-refractivity contribution in [1.29, 1.82) is 0 Å². The zero-order chi connectivity index (χ0) is 26.0. The number of amidine groups is 1. The van der Waals surface area contributed by atoms with Crippen LogP contribution < -0.4 is 5.32 Å². The summed E-state index contributed by atoms with van der Waals surface area (Å²) in [6, 6.07) is 4.26. The number of esters is 1. The molecule has 0 fully saturated rings. The standard InChI is InChI=1S/C29H39N3O5/c1-4-5-6-9-15-35-26(33)29(23-17-24(37-32-23)28(2,3)34)18-30-27(36-29)31-25-21-13-8-7-11-19(21)16-20-12-10-14-22(20)25/h16-17,34H,4-15,18H2,1-3H3,(H,30,31). The van der Waals surface area contributed by atoms with E-state index < -0.39 is 17.2 Å². The molecule has 8 heteroatoms. The topological polar surface area (TPSA) is 106 Å². The van der Waals surface area contributed by atoms with Gasteiger partial charge in [-0.05, 0) is 87.5 Å². The van der Waals surface area contributed by atoms with Crippen molar-refractivity contribution in [3.05, 3.63) is 45.8 Å². The number of aryl methyl sites for hydroxylation is 2. The predicted molar refractivity (Wildman–Crippen MR) is 141 cm³/mol. The Morgan fingerprint density at radius 3 is 2.54 bits per heavy atom. The molecule has 1 atom stereocenters. The highest BCUT2D eigenvalue weighted by molar-refractivity contribution is 5.96. The molecule has 0 saturated carbocycles. The summed E-state index contributed by atoms with van der Waals surface area (Å²) in [5.41, 5.74) is 4.06. The summed E-state index contributed by atoms with van der Waals surface area (Å²) in [7, 11) is 0. The van der Waals surface area contributed by atoms with Crippen LogP contribution in [0, 0.1) is 0 Å². The third-order valence-electron chi connectivity index (χ3n) is 7.76. The van der Waals surface area contributed by atoms with Crippen LogP contribution >= 0.6 is 0 Å². The van der Waals surface area contributed by atoms with Crippen LogP contribution in [0.15, 0.2) is 21.6 Å². The number of aromatic nitrogens is 1. The number of rotatable bonds is 9. The molecular weight excluding hydrogens is 470 g/mol. The summed E-state index contributed by atoms with van der Waals surface area (Å²) >= 11 is 0. The van der Waals surface area contributed by atoms with Crippen molar-refractivity contribution in [1.82, 2.24) is 5.16 Å². The zero-order valence-electron chi connectivity index (χ0n) is 22.3. The third-order valence-corrected chi connectivity index (χ3v) is 7.76. The first-order chi connectivity index (χ1) is 17.8. The summed E-state index contributed by atoms with van der Waals surface area (Å²) in [6.45, 7) is 5.69. The van der Waals surface area contributed by atoms with Gasteiger partial charge in [0.15, 0.2) is 5.76 Å². The summed E-state index contributed by atoms with van der Waals surface area (Å²) in [4.78, 5) is 18.1. The number of anilines is 1. The first kappa shape index (κ1) is 25.8. The fraction of sp³-hybridized carbons (Fsp3) is 0.621. The molecular formula is C29H39N3O5. The van der Waals surface area contributed by atoms with Gasteiger partial charge in [-0.25, -0.2) is 9.79 Å². The molecule has 0 radical (unpaired) electrons. The molecule has 1 unspecified atom stereocenters. The molecule has 5 rings (SSSR count). The number of benzene rings is 1. The number of fused-ring (bicyclic) bond motifs is 2. The lowest BCUT2D eigenvalue weighted by atomic mass is 9.87. The molecule has 8 nitrogen and oxygen atoms in total. The molecule has 2 aliphatic carbocycles. The van der Waals surface area contributed by atoms with Crippen molar-refractivity contribution in [2.45, 2.75) is 103 Å². The van der Waals surface area contributed by atoms with Crippen LogP contribution in [0.1, 0.15) is 99.4 Å². The molecule has 200 valence electrons. The lowest BCUT2D eigenvalue weighted by Crippen LogP contribution is -2.42. The first-order valence-corrected chi connectivity index (χ1v) is 13.9. The van der Waals surface area contributed by atoms with E-state index in [1.54, 1.807) is 19.9 Å². The molecule has 1 aliphatic heterocycles. The van der Waals surface area contributed by atoms with Crippen LogP contribution in [0.25, 0.3) is 0 Å². The number of aliphatic hydroxyl groups is 1. The van der Waals surface area contributed by atoms with Gasteiger partial charge in [-0.15, -0.1) is 0 Å². The van der Waals surface area contributed by atoms with Crippen LogP contribution in [-0.4, -0.2) is 35.4 Å². The molecule has 0 spiro atoms. The van der Waals surface area contributed by atoms with Gasteiger partial charge in [0, 0.05) is 11.8 Å². The lowest BCUT2D eigenvalue weighted by Gasteiger charge is -2.26. The van der Waals surface area contributed by atoms with E-state index in [2.05, 4.69) is 28.5 Å². The molecule has 0 amide bonds. The van der Waals surface area contributed by atoms with Gasteiger partial charge in [0.25, 0.3) is 11.6 Å². The van der Waals surface area contributed by atoms with E-state index in [1.807, 2.05) is 0 Å².